The van der Waals surface area contributed by atoms with Crippen molar-refractivity contribution in [2.75, 3.05) is 11.6 Å². The molecule has 0 aromatic heterocycles. The van der Waals surface area contributed by atoms with E-state index in [1.165, 1.54) is 0 Å². The number of anilines is 1. The highest BCUT2D eigenvalue weighted by Gasteiger charge is 2.29. The highest BCUT2D eigenvalue weighted by molar-refractivity contribution is 7.88. The fourth-order valence-corrected chi connectivity index (χ4v) is 4.33. The summed E-state index contributed by atoms with van der Waals surface area (Å²) in [6.07, 6.45) is 5.54. The van der Waals surface area contributed by atoms with Gasteiger partial charge in [-0.2, -0.15) is 0 Å². The van der Waals surface area contributed by atoms with Gasteiger partial charge in [0.15, 0.2) is 0 Å². The first-order chi connectivity index (χ1) is 11.8. The largest absolute Gasteiger partial charge is 0.348 e. The molecule has 1 aromatic carbocycles. The second-order valence-corrected chi connectivity index (χ2v) is 8.56. The van der Waals surface area contributed by atoms with Crippen LogP contribution < -0.4 is 15.4 Å². The van der Waals surface area contributed by atoms with Crippen LogP contribution in [0, 0.1) is 0 Å². The van der Waals surface area contributed by atoms with Gasteiger partial charge in [-0.25, -0.2) is 13.1 Å². The molecule has 1 aliphatic carbocycles. The van der Waals surface area contributed by atoms with Crippen LogP contribution in [0.1, 0.15) is 48.0 Å². The smallest absolute Gasteiger partial charge is 0.251 e. The predicted molar refractivity (Wildman–Crippen MR) is 94.9 cm³/mol. The number of hydrogen-bond acceptors (Lipinski definition) is 4. The van der Waals surface area contributed by atoms with E-state index < -0.39 is 10.0 Å². The van der Waals surface area contributed by atoms with Crippen molar-refractivity contribution in [1.29, 1.82) is 0 Å². The molecule has 0 bridgehead atoms. The second kappa shape index (κ2) is 7.13. The maximum absolute atomic E-state index is 12.6. The van der Waals surface area contributed by atoms with Crippen molar-refractivity contribution in [3.05, 3.63) is 29.3 Å². The zero-order chi connectivity index (χ0) is 18.0. The van der Waals surface area contributed by atoms with Gasteiger partial charge >= 0.3 is 0 Å². The number of sulfonamides is 1. The molecule has 8 heteroatoms. The Morgan fingerprint density at radius 1 is 1.16 bits per heavy atom. The molecule has 2 atom stereocenters. The lowest BCUT2D eigenvalue weighted by Crippen LogP contribution is -2.52. The Morgan fingerprint density at radius 2 is 1.88 bits per heavy atom. The minimum atomic E-state index is -3.32. The minimum Gasteiger partial charge on any atom is -0.348 e. The normalized spacial score (nSPS) is 23.5. The van der Waals surface area contributed by atoms with Crippen molar-refractivity contribution in [2.24, 2.45) is 0 Å². The molecule has 3 rings (SSSR count). The summed E-state index contributed by atoms with van der Waals surface area (Å²) in [6.45, 7) is 0. The molecule has 0 spiro atoms. The van der Waals surface area contributed by atoms with E-state index in [4.69, 9.17) is 0 Å². The molecule has 1 saturated carbocycles. The second-order valence-electron chi connectivity index (χ2n) is 6.78. The lowest BCUT2D eigenvalue weighted by Gasteiger charge is -2.32. The summed E-state index contributed by atoms with van der Waals surface area (Å²) >= 11 is 0. The van der Waals surface area contributed by atoms with Crippen LogP contribution >= 0.6 is 0 Å². The number of benzene rings is 1. The number of carbonyl (C=O) groups excluding carboxylic acids is 2. The third-order valence-corrected chi connectivity index (χ3v) is 5.44. The van der Waals surface area contributed by atoms with Crippen LogP contribution in [0.3, 0.4) is 0 Å². The fourth-order valence-electron chi connectivity index (χ4n) is 3.50. The topological polar surface area (TPSA) is 104 Å². The molecule has 0 unspecified atom stereocenters. The van der Waals surface area contributed by atoms with Gasteiger partial charge in [-0.1, -0.05) is 12.8 Å². The molecule has 2 aliphatic rings. The van der Waals surface area contributed by atoms with Crippen LogP contribution in [0.4, 0.5) is 5.69 Å². The lowest BCUT2D eigenvalue weighted by molar-refractivity contribution is -0.116. The Bertz CT molecular complexity index is 791. The van der Waals surface area contributed by atoms with Crippen molar-refractivity contribution in [1.82, 2.24) is 10.0 Å². The van der Waals surface area contributed by atoms with Gasteiger partial charge in [0.2, 0.25) is 15.9 Å². The number of amides is 2. The third kappa shape index (κ3) is 4.58. The van der Waals surface area contributed by atoms with Crippen molar-refractivity contribution >= 4 is 27.5 Å². The van der Waals surface area contributed by atoms with E-state index in [-0.39, 0.29) is 23.9 Å². The minimum absolute atomic E-state index is 0.0124. The molecule has 1 fully saturated rings. The monoisotopic (exact) mass is 365 g/mol. The van der Waals surface area contributed by atoms with Crippen molar-refractivity contribution in [2.45, 2.75) is 50.6 Å². The average Bonchev–Trinajstić information content (AvgIpc) is 2.54. The van der Waals surface area contributed by atoms with Gasteiger partial charge < -0.3 is 10.6 Å². The molecule has 7 nitrogen and oxygen atoms in total. The van der Waals surface area contributed by atoms with Crippen molar-refractivity contribution < 1.29 is 18.0 Å². The van der Waals surface area contributed by atoms with Gasteiger partial charge in [-0.15, -0.1) is 0 Å². The Labute approximate surface area is 147 Å². The summed E-state index contributed by atoms with van der Waals surface area (Å²) in [5.41, 5.74) is 2.22. The summed E-state index contributed by atoms with van der Waals surface area (Å²) in [5.74, 6) is -0.228. The number of nitrogens with one attached hydrogen (secondary N) is 3. The van der Waals surface area contributed by atoms with Crippen molar-refractivity contribution in [3.63, 3.8) is 0 Å². The first-order valence-corrected chi connectivity index (χ1v) is 10.4. The summed E-state index contributed by atoms with van der Waals surface area (Å²) in [4.78, 5) is 24.0. The summed E-state index contributed by atoms with van der Waals surface area (Å²) in [6, 6.07) is 4.73. The highest BCUT2D eigenvalue weighted by atomic mass is 32.2. The first kappa shape index (κ1) is 17.9. The number of carbonyl (C=O) groups is 2. The molecule has 2 amide bonds. The number of hydrogen-bond donors (Lipinski definition) is 3. The summed E-state index contributed by atoms with van der Waals surface area (Å²) in [5, 5.41) is 5.76. The van der Waals surface area contributed by atoms with E-state index in [1.54, 1.807) is 18.2 Å². The molecule has 0 saturated heterocycles. The highest BCUT2D eigenvalue weighted by Crippen LogP contribution is 2.24. The van der Waals surface area contributed by atoms with Gasteiger partial charge in [-0.05, 0) is 43.0 Å². The van der Waals surface area contributed by atoms with E-state index in [0.717, 1.165) is 36.8 Å². The zero-order valence-corrected chi connectivity index (χ0v) is 15.0. The molecule has 1 aliphatic heterocycles. The van der Waals surface area contributed by atoms with Crippen molar-refractivity contribution in [3.8, 4) is 0 Å². The van der Waals surface area contributed by atoms with E-state index in [2.05, 4.69) is 15.4 Å². The van der Waals surface area contributed by atoms with Crippen LogP contribution in [0.5, 0.6) is 0 Å². The Balaban J connectivity index is 1.71. The van der Waals surface area contributed by atoms with Crippen LogP contribution in [-0.4, -0.2) is 38.6 Å². The average molecular weight is 365 g/mol. The molecule has 25 heavy (non-hydrogen) atoms. The van der Waals surface area contributed by atoms with E-state index >= 15 is 0 Å². The van der Waals surface area contributed by atoms with Gasteiger partial charge in [0, 0.05) is 29.8 Å². The molecule has 3 N–H and O–H groups in total. The molecule has 0 radical (unpaired) electrons. The third-order valence-electron chi connectivity index (χ3n) is 4.71. The first-order valence-electron chi connectivity index (χ1n) is 8.53. The SMILES string of the molecule is CS(=O)(=O)N[C@H]1CCCC[C@H]1NC(=O)c1ccc2c(c1)CCC(=O)N2. The summed E-state index contributed by atoms with van der Waals surface area (Å²) in [7, 11) is -3.32. The maximum atomic E-state index is 12.6. The molecule has 136 valence electrons. The van der Waals surface area contributed by atoms with Gasteiger partial charge in [-0.3, -0.25) is 9.59 Å². The molecule has 1 heterocycles. The molecular weight excluding hydrogens is 342 g/mol. The Kier molecular flexibility index (Phi) is 5.10. The van der Waals surface area contributed by atoms with E-state index in [0.29, 0.717) is 24.8 Å². The number of rotatable bonds is 4. The Morgan fingerprint density at radius 3 is 2.60 bits per heavy atom. The Hall–Kier alpha value is -1.93. The van der Waals surface area contributed by atoms with E-state index in [1.807, 2.05) is 0 Å². The number of aryl methyl sites for hydroxylation is 1. The summed E-state index contributed by atoms with van der Waals surface area (Å²) < 4.78 is 25.7. The number of fused-ring (bicyclic) bond motifs is 1. The van der Waals surface area contributed by atoms with E-state index in [9.17, 15) is 18.0 Å². The fraction of sp³-hybridized carbons (Fsp3) is 0.529. The van der Waals surface area contributed by atoms with Gasteiger partial charge in [0.25, 0.3) is 5.91 Å². The van der Waals surface area contributed by atoms with Crippen LogP contribution in [0.25, 0.3) is 0 Å². The molecular formula is C17H23N3O4S. The zero-order valence-electron chi connectivity index (χ0n) is 14.2. The van der Waals surface area contributed by atoms with Crippen LogP contribution in [-0.2, 0) is 21.2 Å². The van der Waals surface area contributed by atoms with Gasteiger partial charge in [0.05, 0.1) is 6.26 Å². The quantitative estimate of drug-likeness (QED) is 0.745. The maximum Gasteiger partial charge on any atom is 0.251 e. The standard InChI is InChI=1S/C17H23N3O4S/c1-25(23,24)20-15-5-3-2-4-14(15)19-17(22)12-6-8-13-11(10-12)7-9-16(21)18-13/h6,8,10,14-15,20H,2-5,7,9H2,1H3,(H,18,21)(H,19,22)/t14-,15+/m1/s1. The lowest BCUT2D eigenvalue weighted by atomic mass is 9.90. The van der Waals surface area contributed by atoms with Crippen LogP contribution in [0.15, 0.2) is 18.2 Å². The predicted octanol–water partition coefficient (Wildman–Crippen LogP) is 1.16. The molecule has 1 aromatic rings. The van der Waals surface area contributed by atoms with Crippen LogP contribution in [0.2, 0.25) is 0 Å². The van der Waals surface area contributed by atoms with Gasteiger partial charge in [0.1, 0.15) is 0 Å².